The minimum absolute atomic E-state index is 0.218. The van der Waals surface area contributed by atoms with E-state index in [0.717, 1.165) is 0 Å². The van der Waals surface area contributed by atoms with Gasteiger partial charge in [-0.2, -0.15) is 0 Å². The van der Waals surface area contributed by atoms with Crippen LogP contribution in [0.4, 0.5) is 0 Å². The lowest BCUT2D eigenvalue weighted by atomic mass is 9.91. The van der Waals surface area contributed by atoms with Gasteiger partial charge in [-0.15, -0.1) is 0 Å². The lowest BCUT2D eigenvalue weighted by Gasteiger charge is -2.25. The zero-order chi connectivity index (χ0) is 10.6. The molecule has 1 aliphatic rings. The van der Waals surface area contributed by atoms with Crippen LogP contribution in [0.25, 0.3) is 0 Å². The third-order valence-electron chi connectivity index (χ3n) is 2.17. The van der Waals surface area contributed by atoms with Crippen molar-refractivity contribution in [2.45, 2.75) is 12.0 Å². The molecule has 0 aromatic carbocycles. The first kappa shape index (κ1) is 10.7. The van der Waals surface area contributed by atoms with E-state index in [2.05, 4.69) is 4.74 Å². The molecular weight excluding hydrogens is 184 g/mol. The summed E-state index contributed by atoms with van der Waals surface area (Å²) in [6.45, 7) is 0. The Kier molecular flexibility index (Phi) is 3.19. The van der Waals surface area contributed by atoms with Crippen LogP contribution in [0.15, 0.2) is 23.8 Å². The first-order valence-electron chi connectivity index (χ1n) is 4.15. The molecule has 1 aliphatic carbocycles. The molecule has 0 N–H and O–H groups in total. The fraction of sp³-hybridized carbons (Fsp3) is 0.400. The molecular formula is C10H12O4. The summed E-state index contributed by atoms with van der Waals surface area (Å²) < 4.78 is 9.61. The molecule has 0 fully saturated rings. The highest BCUT2D eigenvalue weighted by Gasteiger charge is 2.31. The van der Waals surface area contributed by atoms with Crippen molar-refractivity contribution < 1.29 is 19.1 Å². The molecule has 0 aromatic rings. The van der Waals surface area contributed by atoms with E-state index in [1.807, 2.05) is 0 Å². The van der Waals surface area contributed by atoms with Crippen molar-refractivity contribution >= 4 is 12.3 Å². The first-order chi connectivity index (χ1) is 6.67. The van der Waals surface area contributed by atoms with E-state index in [4.69, 9.17) is 4.74 Å². The molecule has 4 heteroatoms. The van der Waals surface area contributed by atoms with Gasteiger partial charge in [-0.1, -0.05) is 12.2 Å². The van der Waals surface area contributed by atoms with Crippen LogP contribution in [-0.4, -0.2) is 32.1 Å². The van der Waals surface area contributed by atoms with Crippen LogP contribution in [0.3, 0.4) is 0 Å². The number of aldehydes is 1. The second kappa shape index (κ2) is 4.19. The number of ether oxygens (including phenoxy) is 2. The van der Waals surface area contributed by atoms with Crippen LogP contribution < -0.4 is 0 Å². The molecule has 0 saturated carbocycles. The third kappa shape index (κ3) is 1.90. The van der Waals surface area contributed by atoms with Gasteiger partial charge in [0, 0.05) is 19.1 Å². The summed E-state index contributed by atoms with van der Waals surface area (Å²) in [5.74, 6) is -0.433. The highest BCUT2D eigenvalue weighted by molar-refractivity contribution is 5.90. The average Bonchev–Trinajstić information content (AvgIpc) is 2.28. The molecule has 0 amide bonds. The van der Waals surface area contributed by atoms with Crippen molar-refractivity contribution in [3.05, 3.63) is 23.8 Å². The topological polar surface area (TPSA) is 52.6 Å². The zero-order valence-corrected chi connectivity index (χ0v) is 8.15. The Morgan fingerprint density at radius 3 is 2.79 bits per heavy atom. The van der Waals surface area contributed by atoms with Crippen molar-refractivity contribution in [2.24, 2.45) is 0 Å². The molecule has 14 heavy (non-hydrogen) atoms. The molecule has 0 aromatic heterocycles. The van der Waals surface area contributed by atoms with Gasteiger partial charge >= 0.3 is 5.97 Å². The van der Waals surface area contributed by atoms with E-state index in [0.29, 0.717) is 11.9 Å². The Balaban J connectivity index is 2.87. The quantitative estimate of drug-likeness (QED) is 0.490. The highest BCUT2D eigenvalue weighted by atomic mass is 16.5. The number of allylic oxidation sites excluding steroid dienone is 2. The lowest BCUT2D eigenvalue weighted by molar-refractivity contribution is -0.137. The largest absolute Gasteiger partial charge is 0.466 e. The second-order valence-corrected chi connectivity index (χ2v) is 3.00. The number of hydrogen-bond acceptors (Lipinski definition) is 4. The number of rotatable bonds is 3. The SMILES string of the molecule is COC(=O)C1=CC=CC(C=O)(OC)C1. The van der Waals surface area contributed by atoms with Gasteiger partial charge < -0.3 is 9.47 Å². The fourth-order valence-corrected chi connectivity index (χ4v) is 1.28. The van der Waals surface area contributed by atoms with Crippen molar-refractivity contribution in [3.63, 3.8) is 0 Å². The van der Waals surface area contributed by atoms with Crippen LogP contribution in [-0.2, 0) is 19.1 Å². The van der Waals surface area contributed by atoms with Gasteiger partial charge in [0.2, 0.25) is 0 Å². The predicted octanol–water partition coefficient (Wildman–Crippen LogP) is 0.630. The van der Waals surface area contributed by atoms with E-state index < -0.39 is 11.6 Å². The smallest absolute Gasteiger partial charge is 0.333 e. The van der Waals surface area contributed by atoms with E-state index >= 15 is 0 Å². The summed E-state index contributed by atoms with van der Waals surface area (Å²) in [6.07, 6.45) is 5.75. The fourth-order valence-electron chi connectivity index (χ4n) is 1.28. The maximum Gasteiger partial charge on any atom is 0.333 e. The van der Waals surface area contributed by atoms with Gasteiger partial charge in [0.1, 0.15) is 5.60 Å². The van der Waals surface area contributed by atoms with Crippen molar-refractivity contribution in [1.29, 1.82) is 0 Å². The molecule has 1 unspecified atom stereocenters. The summed E-state index contributed by atoms with van der Waals surface area (Å²) in [5, 5.41) is 0. The molecule has 0 saturated heterocycles. The molecule has 0 spiro atoms. The van der Waals surface area contributed by atoms with Crippen molar-refractivity contribution in [1.82, 2.24) is 0 Å². The van der Waals surface area contributed by atoms with Gasteiger partial charge in [0.15, 0.2) is 6.29 Å². The monoisotopic (exact) mass is 196 g/mol. The Morgan fingerprint density at radius 1 is 1.57 bits per heavy atom. The number of hydrogen-bond donors (Lipinski definition) is 0. The molecule has 0 heterocycles. The van der Waals surface area contributed by atoms with E-state index in [-0.39, 0.29) is 6.42 Å². The van der Waals surface area contributed by atoms with Gasteiger partial charge in [-0.05, 0) is 6.08 Å². The van der Waals surface area contributed by atoms with Crippen LogP contribution in [0.5, 0.6) is 0 Å². The molecule has 0 aliphatic heterocycles. The Morgan fingerprint density at radius 2 is 2.29 bits per heavy atom. The van der Waals surface area contributed by atoms with E-state index in [1.54, 1.807) is 18.2 Å². The molecule has 1 atom stereocenters. The number of methoxy groups -OCH3 is 2. The Bertz CT molecular complexity index is 303. The van der Waals surface area contributed by atoms with Crippen LogP contribution in [0.1, 0.15) is 6.42 Å². The molecule has 4 nitrogen and oxygen atoms in total. The van der Waals surface area contributed by atoms with Gasteiger partial charge in [-0.25, -0.2) is 4.79 Å². The van der Waals surface area contributed by atoms with Crippen LogP contribution >= 0.6 is 0 Å². The molecule has 0 radical (unpaired) electrons. The van der Waals surface area contributed by atoms with Gasteiger partial charge in [0.05, 0.1) is 7.11 Å². The summed E-state index contributed by atoms with van der Waals surface area (Å²) in [6, 6.07) is 0. The summed E-state index contributed by atoms with van der Waals surface area (Å²) in [7, 11) is 2.73. The standard InChI is InChI=1S/C10H12O4/c1-13-9(12)8-4-3-5-10(6-8,7-11)14-2/h3-5,7H,6H2,1-2H3. The number of carbonyl (C=O) groups is 2. The van der Waals surface area contributed by atoms with Crippen LogP contribution in [0, 0.1) is 0 Å². The third-order valence-corrected chi connectivity index (χ3v) is 2.17. The minimum Gasteiger partial charge on any atom is -0.466 e. The minimum atomic E-state index is -1.02. The lowest BCUT2D eigenvalue weighted by Crippen LogP contribution is -2.34. The zero-order valence-electron chi connectivity index (χ0n) is 8.15. The molecule has 1 rings (SSSR count). The summed E-state index contributed by atoms with van der Waals surface area (Å²) in [5.41, 5.74) is -0.581. The van der Waals surface area contributed by atoms with Crippen molar-refractivity contribution in [3.8, 4) is 0 Å². The summed E-state index contributed by atoms with van der Waals surface area (Å²) >= 11 is 0. The van der Waals surface area contributed by atoms with Crippen molar-refractivity contribution in [2.75, 3.05) is 14.2 Å². The van der Waals surface area contributed by atoms with E-state index in [9.17, 15) is 9.59 Å². The maximum atomic E-state index is 11.2. The number of esters is 1. The Labute approximate surface area is 82.2 Å². The Hall–Kier alpha value is -1.42. The van der Waals surface area contributed by atoms with Gasteiger partial charge in [-0.3, -0.25) is 4.79 Å². The average molecular weight is 196 g/mol. The predicted molar refractivity (Wildman–Crippen MR) is 49.7 cm³/mol. The normalized spacial score (nSPS) is 25.4. The highest BCUT2D eigenvalue weighted by Crippen LogP contribution is 2.24. The van der Waals surface area contributed by atoms with Gasteiger partial charge in [0.25, 0.3) is 0 Å². The number of carbonyl (C=O) groups excluding carboxylic acids is 2. The maximum absolute atomic E-state index is 11.2. The second-order valence-electron chi connectivity index (χ2n) is 3.00. The molecule has 0 bridgehead atoms. The van der Waals surface area contributed by atoms with Crippen LogP contribution in [0.2, 0.25) is 0 Å². The molecule has 76 valence electrons. The summed E-state index contributed by atoms with van der Waals surface area (Å²) in [4.78, 5) is 22.0. The first-order valence-corrected chi connectivity index (χ1v) is 4.15. The van der Waals surface area contributed by atoms with E-state index in [1.165, 1.54) is 14.2 Å².